The van der Waals surface area contributed by atoms with E-state index in [2.05, 4.69) is 5.43 Å². The third-order valence-corrected chi connectivity index (χ3v) is 3.00. The summed E-state index contributed by atoms with van der Waals surface area (Å²) in [6.07, 6.45) is -0.697. The third-order valence-electron chi connectivity index (χ3n) is 3.00. The lowest BCUT2D eigenvalue weighted by atomic mass is 10.0. The van der Waals surface area contributed by atoms with E-state index in [-0.39, 0.29) is 5.92 Å². The second-order valence-electron chi connectivity index (χ2n) is 5.09. The monoisotopic (exact) mass is 279 g/mol. The molecule has 0 saturated carbocycles. The first kappa shape index (κ1) is 16.0. The Morgan fingerprint density at radius 2 is 1.70 bits per heavy atom. The van der Waals surface area contributed by atoms with Crippen LogP contribution < -0.4 is 21.7 Å². The second-order valence-corrected chi connectivity index (χ2v) is 5.09. The van der Waals surface area contributed by atoms with Crippen LogP contribution in [0.5, 0.6) is 5.75 Å². The van der Waals surface area contributed by atoms with E-state index in [1.165, 1.54) is 0 Å². The predicted octanol–water partition coefficient (Wildman–Crippen LogP) is 0.796. The summed E-state index contributed by atoms with van der Waals surface area (Å²) in [4.78, 5) is 22.9. The number of primary amides is 1. The van der Waals surface area contributed by atoms with Gasteiger partial charge in [-0.15, -0.1) is 0 Å². The van der Waals surface area contributed by atoms with Crippen LogP contribution in [0.15, 0.2) is 12.1 Å². The highest BCUT2D eigenvalue weighted by Crippen LogP contribution is 2.27. The quantitative estimate of drug-likeness (QED) is 0.421. The van der Waals surface area contributed by atoms with Crippen LogP contribution in [0, 0.1) is 19.8 Å². The molecule has 6 heteroatoms. The standard InChI is InChI=1S/C14H21N3O3/c1-7(2)11(14(19)17-16)20-12-8(3)5-10(13(15)18)6-9(12)4/h5-7,11H,16H2,1-4H3,(H2,15,18)(H,17,19). The molecule has 0 bridgehead atoms. The van der Waals surface area contributed by atoms with Gasteiger partial charge in [-0.2, -0.15) is 0 Å². The molecule has 1 unspecified atom stereocenters. The maximum absolute atomic E-state index is 11.7. The van der Waals surface area contributed by atoms with Gasteiger partial charge in [0.2, 0.25) is 5.91 Å². The Bertz CT molecular complexity index is 503. The van der Waals surface area contributed by atoms with E-state index in [9.17, 15) is 9.59 Å². The van der Waals surface area contributed by atoms with Crippen LogP contribution in [0.3, 0.4) is 0 Å². The normalized spacial score (nSPS) is 12.1. The number of nitrogens with two attached hydrogens (primary N) is 2. The molecule has 6 nitrogen and oxygen atoms in total. The molecule has 0 aliphatic heterocycles. The predicted molar refractivity (Wildman–Crippen MR) is 76.0 cm³/mol. The van der Waals surface area contributed by atoms with Crippen molar-refractivity contribution in [2.45, 2.75) is 33.8 Å². The lowest BCUT2D eigenvalue weighted by Crippen LogP contribution is -2.45. The molecule has 0 aliphatic carbocycles. The van der Waals surface area contributed by atoms with Gasteiger partial charge in [-0.3, -0.25) is 15.0 Å². The third kappa shape index (κ3) is 3.48. The van der Waals surface area contributed by atoms with Gasteiger partial charge in [-0.1, -0.05) is 13.8 Å². The lowest BCUT2D eigenvalue weighted by Gasteiger charge is -2.23. The topological polar surface area (TPSA) is 107 Å². The van der Waals surface area contributed by atoms with Crippen LogP contribution in [0.2, 0.25) is 0 Å². The van der Waals surface area contributed by atoms with Gasteiger partial charge in [0.05, 0.1) is 0 Å². The number of ether oxygens (including phenoxy) is 1. The number of carbonyl (C=O) groups excluding carboxylic acids is 2. The molecule has 0 aromatic heterocycles. The number of hydrazine groups is 1. The molecule has 0 heterocycles. The molecule has 2 amide bonds. The number of benzene rings is 1. The zero-order valence-corrected chi connectivity index (χ0v) is 12.2. The minimum atomic E-state index is -0.697. The van der Waals surface area contributed by atoms with Crippen molar-refractivity contribution in [3.05, 3.63) is 28.8 Å². The highest BCUT2D eigenvalue weighted by molar-refractivity contribution is 5.93. The van der Waals surface area contributed by atoms with Gasteiger partial charge in [-0.25, -0.2) is 5.84 Å². The minimum absolute atomic E-state index is 0.0480. The SMILES string of the molecule is Cc1cc(C(N)=O)cc(C)c1OC(C(=O)NN)C(C)C. The fraction of sp³-hybridized carbons (Fsp3) is 0.429. The van der Waals surface area contributed by atoms with E-state index < -0.39 is 17.9 Å². The minimum Gasteiger partial charge on any atom is -0.480 e. The van der Waals surface area contributed by atoms with E-state index in [0.29, 0.717) is 11.3 Å². The molecule has 0 spiro atoms. The van der Waals surface area contributed by atoms with Crippen molar-refractivity contribution in [3.63, 3.8) is 0 Å². The van der Waals surface area contributed by atoms with Gasteiger partial charge in [0.1, 0.15) is 5.75 Å². The summed E-state index contributed by atoms with van der Waals surface area (Å²) in [7, 11) is 0. The molecule has 0 radical (unpaired) electrons. The maximum Gasteiger partial charge on any atom is 0.275 e. The molecular formula is C14H21N3O3. The summed E-state index contributed by atoms with van der Waals surface area (Å²) in [6.45, 7) is 7.32. The molecule has 110 valence electrons. The van der Waals surface area contributed by atoms with Crippen molar-refractivity contribution in [1.82, 2.24) is 5.43 Å². The van der Waals surface area contributed by atoms with E-state index in [0.717, 1.165) is 11.1 Å². The highest BCUT2D eigenvalue weighted by atomic mass is 16.5. The molecule has 1 aromatic carbocycles. The fourth-order valence-electron chi connectivity index (χ4n) is 1.98. The van der Waals surface area contributed by atoms with E-state index >= 15 is 0 Å². The Labute approximate surface area is 118 Å². The van der Waals surface area contributed by atoms with Crippen molar-refractivity contribution in [2.24, 2.45) is 17.5 Å². The number of hydrogen-bond acceptors (Lipinski definition) is 4. The van der Waals surface area contributed by atoms with Crippen LogP contribution >= 0.6 is 0 Å². The summed E-state index contributed by atoms with van der Waals surface area (Å²) in [5.41, 5.74) is 9.26. The first-order chi connectivity index (χ1) is 9.27. The van der Waals surface area contributed by atoms with Crippen LogP contribution in [0.1, 0.15) is 35.3 Å². The maximum atomic E-state index is 11.7. The molecular weight excluding hydrogens is 258 g/mol. The van der Waals surface area contributed by atoms with Crippen molar-refractivity contribution >= 4 is 11.8 Å². The Balaban J connectivity index is 3.14. The molecule has 0 fully saturated rings. The Kier molecular flexibility index (Phi) is 5.10. The molecule has 5 N–H and O–H groups in total. The highest BCUT2D eigenvalue weighted by Gasteiger charge is 2.25. The van der Waals surface area contributed by atoms with Crippen LogP contribution in [-0.4, -0.2) is 17.9 Å². The Morgan fingerprint density at radius 3 is 2.05 bits per heavy atom. The fourth-order valence-corrected chi connectivity index (χ4v) is 1.98. The van der Waals surface area contributed by atoms with Gasteiger partial charge >= 0.3 is 0 Å². The van der Waals surface area contributed by atoms with Gasteiger partial charge in [0.15, 0.2) is 6.10 Å². The number of nitrogens with one attached hydrogen (secondary N) is 1. The Morgan fingerprint density at radius 1 is 1.20 bits per heavy atom. The lowest BCUT2D eigenvalue weighted by molar-refractivity contribution is -0.129. The van der Waals surface area contributed by atoms with Gasteiger partial charge in [0.25, 0.3) is 5.91 Å². The number of carbonyl (C=O) groups is 2. The average molecular weight is 279 g/mol. The van der Waals surface area contributed by atoms with Crippen LogP contribution in [-0.2, 0) is 4.79 Å². The van der Waals surface area contributed by atoms with E-state index in [4.69, 9.17) is 16.3 Å². The van der Waals surface area contributed by atoms with Gasteiger partial charge in [0, 0.05) is 5.56 Å². The smallest absolute Gasteiger partial charge is 0.275 e. The number of rotatable bonds is 5. The zero-order valence-electron chi connectivity index (χ0n) is 12.2. The first-order valence-corrected chi connectivity index (χ1v) is 6.36. The van der Waals surface area contributed by atoms with Gasteiger partial charge < -0.3 is 10.5 Å². The molecule has 1 atom stereocenters. The van der Waals surface area contributed by atoms with E-state index in [1.807, 2.05) is 13.8 Å². The summed E-state index contributed by atoms with van der Waals surface area (Å²) in [5, 5.41) is 0. The van der Waals surface area contributed by atoms with Crippen molar-refractivity contribution in [3.8, 4) is 5.75 Å². The van der Waals surface area contributed by atoms with Crippen molar-refractivity contribution < 1.29 is 14.3 Å². The molecule has 0 saturated heterocycles. The largest absolute Gasteiger partial charge is 0.480 e. The second kappa shape index (κ2) is 6.38. The molecule has 0 aliphatic rings. The summed E-state index contributed by atoms with van der Waals surface area (Å²) >= 11 is 0. The van der Waals surface area contributed by atoms with Crippen molar-refractivity contribution in [2.75, 3.05) is 0 Å². The summed E-state index contributed by atoms with van der Waals surface area (Å²) < 4.78 is 5.78. The molecule has 20 heavy (non-hydrogen) atoms. The molecule has 1 aromatic rings. The van der Waals surface area contributed by atoms with Crippen molar-refractivity contribution in [1.29, 1.82) is 0 Å². The number of aryl methyl sites for hydroxylation is 2. The first-order valence-electron chi connectivity index (χ1n) is 6.36. The van der Waals surface area contributed by atoms with Gasteiger partial charge in [-0.05, 0) is 43.0 Å². The summed E-state index contributed by atoms with van der Waals surface area (Å²) in [5.74, 6) is 4.79. The Hall–Kier alpha value is -2.08. The average Bonchev–Trinajstić information content (AvgIpc) is 2.36. The zero-order chi connectivity index (χ0) is 15.4. The number of amides is 2. The summed E-state index contributed by atoms with van der Waals surface area (Å²) in [6, 6.07) is 3.28. The van der Waals surface area contributed by atoms with Crippen LogP contribution in [0.25, 0.3) is 0 Å². The number of hydrogen-bond donors (Lipinski definition) is 3. The van der Waals surface area contributed by atoms with E-state index in [1.54, 1.807) is 26.0 Å². The molecule has 1 rings (SSSR count). The van der Waals surface area contributed by atoms with Crippen LogP contribution in [0.4, 0.5) is 0 Å².